The predicted octanol–water partition coefficient (Wildman–Crippen LogP) is 2.36. The topological polar surface area (TPSA) is 75.3 Å². The van der Waals surface area contributed by atoms with Crippen LogP contribution in [0.5, 0.6) is 0 Å². The number of pyridine rings is 1. The standard InChI is InChI=1S/C19H20N4O2/c24-16-11-17(23(13-16)12-15-6-8-20-9-7-15)19-21-18(22-25-19)10-14-4-2-1-3-5-14/h1-9,16-17,24H,10-13H2. The largest absolute Gasteiger partial charge is 0.392 e. The number of hydrogen-bond acceptors (Lipinski definition) is 6. The van der Waals surface area contributed by atoms with Gasteiger partial charge in [-0.3, -0.25) is 9.88 Å². The van der Waals surface area contributed by atoms with E-state index < -0.39 is 0 Å². The van der Waals surface area contributed by atoms with Crippen LogP contribution in [0.15, 0.2) is 59.4 Å². The van der Waals surface area contributed by atoms with Crippen molar-refractivity contribution in [1.82, 2.24) is 20.0 Å². The van der Waals surface area contributed by atoms with Gasteiger partial charge < -0.3 is 9.63 Å². The molecule has 128 valence electrons. The van der Waals surface area contributed by atoms with E-state index in [1.165, 1.54) is 0 Å². The Hall–Kier alpha value is -2.57. The summed E-state index contributed by atoms with van der Waals surface area (Å²) in [7, 11) is 0. The lowest BCUT2D eigenvalue weighted by Crippen LogP contribution is -2.24. The smallest absolute Gasteiger partial charge is 0.244 e. The summed E-state index contributed by atoms with van der Waals surface area (Å²) in [5.74, 6) is 1.25. The fourth-order valence-corrected chi connectivity index (χ4v) is 3.29. The van der Waals surface area contributed by atoms with Crippen LogP contribution < -0.4 is 0 Å². The summed E-state index contributed by atoms with van der Waals surface area (Å²) >= 11 is 0. The summed E-state index contributed by atoms with van der Waals surface area (Å²) in [4.78, 5) is 10.8. The van der Waals surface area contributed by atoms with E-state index in [1.54, 1.807) is 12.4 Å². The van der Waals surface area contributed by atoms with Gasteiger partial charge in [0, 0.05) is 31.9 Å². The SMILES string of the molecule is OC1CC(c2nc(Cc3ccccc3)no2)N(Cc2ccncc2)C1. The van der Waals surface area contributed by atoms with E-state index in [9.17, 15) is 5.11 Å². The number of aromatic nitrogens is 3. The number of benzene rings is 1. The highest BCUT2D eigenvalue weighted by atomic mass is 16.5. The van der Waals surface area contributed by atoms with Gasteiger partial charge in [0.2, 0.25) is 5.89 Å². The van der Waals surface area contributed by atoms with Crippen molar-refractivity contribution in [2.45, 2.75) is 31.5 Å². The minimum atomic E-state index is -0.378. The van der Waals surface area contributed by atoms with Crippen molar-refractivity contribution in [3.05, 3.63) is 77.7 Å². The molecule has 0 radical (unpaired) electrons. The van der Waals surface area contributed by atoms with Crippen LogP contribution in [-0.4, -0.2) is 37.8 Å². The van der Waals surface area contributed by atoms with E-state index >= 15 is 0 Å². The van der Waals surface area contributed by atoms with E-state index in [4.69, 9.17) is 4.52 Å². The minimum Gasteiger partial charge on any atom is -0.392 e. The quantitative estimate of drug-likeness (QED) is 0.771. The number of likely N-dealkylation sites (tertiary alicyclic amines) is 1. The molecule has 1 aliphatic rings. The zero-order valence-corrected chi connectivity index (χ0v) is 13.8. The predicted molar refractivity (Wildman–Crippen MR) is 91.6 cm³/mol. The van der Waals surface area contributed by atoms with E-state index in [2.05, 4.69) is 20.0 Å². The molecule has 1 saturated heterocycles. The molecule has 6 nitrogen and oxygen atoms in total. The molecule has 1 N–H and O–H groups in total. The van der Waals surface area contributed by atoms with Crippen LogP contribution in [0.1, 0.15) is 35.3 Å². The fourth-order valence-electron chi connectivity index (χ4n) is 3.29. The van der Waals surface area contributed by atoms with Crippen LogP contribution in [0.25, 0.3) is 0 Å². The van der Waals surface area contributed by atoms with Gasteiger partial charge in [-0.15, -0.1) is 0 Å². The summed E-state index contributed by atoms with van der Waals surface area (Å²) in [6.45, 7) is 1.32. The van der Waals surface area contributed by atoms with Gasteiger partial charge in [-0.1, -0.05) is 35.5 Å². The maximum absolute atomic E-state index is 10.1. The lowest BCUT2D eigenvalue weighted by molar-refractivity contribution is 0.169. The molecule has 1 aromatic carbocycles. The van der Waals surface area contributed by atoms with Crippen molar-refractivity contribution in [3.63, 3.8) is 0 Å². The number of β-amino-alcohol motifs (C(OH)–C–C–N with tert-alkyl or cyclic N) is 1. The molecule has 0 saturated carbocycles. The van der Waals surface area contributed by atoms with E-state index in [0.29, 0.717) is 31.1 Å². The summed E-state index contributed by atoms with van der Waals surface area (Å²) in [5, 5.41) is 14.2. The summed E-state index contributed by atoms with van der Waals surface area (Å²) < 4.78 is 5.51. The lowest BCUT2D eigenvalue weighted by Gasteiger charge is -2.20. The average Bonchev–Trinajstić information content (AvgIpc) is 3.23. The second kappa shape index (κ2) is 7.13. The Bertz CT molecular complexity index is 807. The van der Waals surface area contributed by atoms with Crippen LogP contribution in [0.3, 0.4) is 0 Å². The third-order valence-corrected chi connectivity index (χ3v) is 4.49. The van der Waals surface area contributed by atoms with Gasteiger partial charge in [-0.2, -0.15) is 4.98 Å². The Morgan fingerprint density at radius 1 is 1.08 bits per heavy atom. The van der Waals surface area contributed by atoms with Crippen molar-refractivity contribution in [3.8, 4) is 0 Å². The van der Waals surface area contributed by atoms with Gasteiger partial charge in [0.15, 0.2) is 5.82 Å². The zero-order valence-electron chi connectivity index (χ0n) is 13.8. The summed E-state index contributed by atoms with van der Waals surface area (Å²) in [5.41, 5.74) is 2.30. The maximum atomic E-state index is 10.1. The van der Waals surface area contributed by atoms with E-state index in [1.807, 2.05) is 42.5 Å². The molecule has 4 rings (SSSR count). The molecule has 0 aliphatic carbocycles. The molecular formula is C19H20N4O2. The fraction of sp³-hybridized carbons (Fsp3) is 0.316. The highest BCUT2D eigenvalue weighted by Gasteiger charge is 2.35. The molecule has 3 aromatic rings. The maximum Gasteiger partial charge on any atom is 0.244 e. The molecular weight excluding hydrogens is 316 g/mol. The summed E-state index contributed by atoms with van der Waals surface area (Å²) in [6, 6.07) is 14.0. The Labute approximate surface area is 146 Å². The molecule has 2 atom stereocenters. The molecule has 0 amide bonds. The van der Waals surface area contributed by atoms with Gasteiger partial charge in [0.05, 0.1) is 12.1 Å². The molecule has 0 spiro atoms. The first-order valence-corrected chi connectivity index (χ1v) is 8.45. The number of rotatable bonds is 5. The molecule has 0 bridgehead atoms. The monoisotopic (exact) mass is 336 g/mol. The van der Waals surface area contributed by atoms with Crippen molar-refractivity contribution in [1.29, 1.82) is 0 Å². The van der Waals surface area contributed by atoms with Gasteiger partial charge >= 0.3 is 0 Å². The third-order valence-electron chi connectivity index (χ3n) is 4.49. The average molecular weight is 336 g/mol. The molecule has 1 aliphatic heterocycles. The first-order valence-electron chi connectivity index (χ1n) is 8.45. The van der Waals surface area contributed by atoms with Crippen LogP contribution >= 0.6 is 0 Å². The van der Waals surface area contributed by atoms with Gasteiger partial charge in [-0.05, 0) is 29.7 Å². The Balaban J connectivity index is 1.49. The van der Waals surface area contributed by atoms with Crippen LogP contribution in [0.2, 0.25) is 0 Å². The van der Waals surface area contributed by atoms with E-state index in [-0.39, 0.29) is 12.1 Å². The van der Waals surface area contributed by atoms with Gasteiger partial charge in [-0.25, -0.2) is 0 Å². The van der Waals surface area contributed by atoms with Crippen molar-refractivity contribution in [2.24, 2.45) is 0 Å². The first-order chi connectivity index (χ1) is 12.3. The van der Waals surface area contributed by atoms with Gasteiger partial charge in [0.1, 0.15) is 0 Å². The van der Waals surface area contributed by atoms with Crippen LogP contribution in [0.4, 0.5) is 0 Å². The van der Waals surface area contributed by atoms with Crippen molar-refractivity contribution >= 4 is 0 Å². The molecule has 6 heteroatoms. The highest BCUT2D eigenvalue weighted by molar-refractivity contribution is 5.18. The minimum absolute atomic E-state index is 0.0554. The second-order valence-electron chi connectivity index (χ2n) is 6.40. The molecule has 2 unspecified atom stereocenters. The third kappa shape index (κ3) is 3.75. The first kappa shape index (κ1) is 15.9. The van der Waals surface area contributed by atoms with Crippen molar-refractivity contribution in [2.75, 3.05) is 6.54 Å². The van der Waals surface area contributed by atoms with Gasteiger partial charge in [0.25, 0.3) is 0 Å². The molecule has 25 heavy (non-hydrogen) atoms. The van der Waals surface area contributed by atoms with Crippen LogP contribution in [-0.2, 0) is 13.0 Å². The molecule has 1 fully saturated rings. The second-order valence-corrected chi connectivity index (χ2v) is 6.40. The lowest BCUT2D eigenvalue weighted by atomic mass is 10.1. The molecule has 2 aromatic heterocycles. The zero-order chi connectivity index (χ0) is 17.1. The number of aliphatic hydroxyl groups excluding tert-OH is 1. The van der Waals surface area contributed by atoms with Crippen LogP contribution in [0, 0.1) is 0 Å². The van der Waals surface area contributed by atoms with Crippen molar-refractivity contribution < 1.29 is 9.63 Å². The number of hydrogen-bond donors (Lipinski definition) is 1. The summed E-state index contributed by atoms with van der Waals surface area (Å²) in [6.07, 6.45) is 4.43. The number of nitrogens with zero attached hydrogens (tertiary/aromatic N) is 4. The Morgan fingerprint density at radius 3 is 2.68 bits per heavy atom. The Kier molecular flexibility index (Phi) is 4.54. The normalized spacial score (nSPS) is 20.8. The molecule has 3 heterocycles. The number of aliphatic hydroxyl groups is 1. The Morgan fingerprint density at radius 2 is 1.88 bits per heavy atom. The highest BCUT2D eigenvalue weighted by Crippen LogP contribution is 2.32. The van der Waals surface area contributed by atoms with E-state index in [0.717, 1.165) is 17.7 Å².